The fourth-order valence-corrected chi connectivity index (χ4v) is 3.69. The first kappa shape index (κ1) is 20.6. The molecule has 152 valence electrons. The average molecular weight is 414 g/mol. The molecule has 1 N–H and O–H groups in total. The van der Waals surface area contributed by atoms with Gasteiger partial charge in [-0.25, -0.2) is 4.98 Å². The Morgan fingerprint density at radius 1 is 1.03 bits per heavy atom. The maximum Gasteiger partial charge on any atom is 0.226 e. The largest absolute Gasteiger partial charge is 0.494 e. The number of carbonyl (C=O) groups is 2. The van der Waals surface area contributed by atoms with E-state index in [1.165, 1.54) is 25.6 Å². The van der Waals surface area contributed by atoms with Crippen LogP contribution in [0, 0.1) is 0 Å². The quantitative estimate of drug-likeness (QED) is 0.525. The zero-order chi connectivity index (χ0) is 20.8. The first-order chi connectivity index (χ1) is 14.0. The Labute approximate surface area is 172 Å². The van der Waals surface area contributed by atoms with Crippen LogP contribution in [-0.4, -0.2) is 37.5 Å². The summed E-state index contributed by atoms with van der Waals surface area (Å²) in [6, 6.07) is 10.5. The lowest BCUT2D eigenvalue weighted by Crippen LogP contribution is -2.13. The highest BCUT2D eigenvalue weighted by Crippen LogP contribution is 2.30. The number of ether oxygens (including phenoxy) is 3. The number of nitrogens with zero attached hydrogens (tertiary/aromatic N) is 1. The van der Waals surface area contributed by atoms with Gasteiger partial charge in [-0.05, 0) is 43.3 Å². The number of hydrogen-bond acceptors (Lipinski definition) is 7. The topological polar surface area (TPSA) is 86.8 Å². The van der Waals surface area contributed by atoms with E-state index in [0.717, 1.165) is 16.0 Å². The summed E-state index contributed by atoms with van der Waals surface area (Å²) in [5.41, 5.74) is 1.26. The van der Waals surface area contributed by atoms with Gasteiger partial charge in [-0.2, -0.15) is 0 Å². The van der Waals surface area contributed by atoms with Crippen LogP contribution in [-0.2, 0) is 4.79 Å². The Bertz CT molecular complexity index is 1030. The fraction of sp³-hybridized carbons (Fsp3) is 0.286. The van der Waals surface area contributed by atoms with E-state index in [2.05, 4.69) is 10.3 Å². The number of aromatic nitrogens is 1. The van der Waals surface area contributed by atoms with E-state index in [1.807, 2.05) is 25.1 Å². The van der Waals surface area contributed by atoms with E-state index >= 15 is 0 Å². The molecule has 1 aromatic heterocycles. The van der Waals surface area contributed by atoms with Crippen molar-refractivity contribution in [2.24, 2.45) is 0 Å². The Morgan fingerprint density at radius 3 is 2.55 bits per heavy atom. The summed E-state index contributed by atoms with van der Waals surface area (Å²) in [4.78, 5) is 29.1. The molecule has 0 bridgehead atoms. The Morgan fingerprint density at radius 2 is 1.83 bits per heavy atom. The zero-order valence-electron chi connectivity index (χ0n) is 16.5. The third-order valence-corrected chi connectivity index (χ3v) is 5.14. The Balaban J connectivity index is 1.59. The SMILES string of the molecule is CCOc1ccc2nc(NC(=O)CCC(=O)c3ccc(OC)c(OC)c3)sc2c1. The fourth-order valence-electron chi connectivity index (χ4n) is 2.78. The van der Waals surface area contributed by atoms with Crippen molar-refractivity contribution in [2.45, 2.75) is 19.8 Å². The molecule has 2 aromatic carbocycles. The van der Waals surface area contributed by atoms with Gasteiger partial charge in [-0.3, -0.25) is 9.59 Å². The predicted molar refractivity (Wildman–Crippen MR) is 113 cm³/mol. The molecule has 3 aromatic rings. The van der Waals surface area contributed by atoms with Crippen LogP contribution in [0.25, 0.3) is 10.2 Å². The number of nitrogens with one attached hydrogen (secondary N) is 1. The molecule has 3 rings (SSSR count). The molecule has 0 radical (unpaired) electrons. The smallest absolute Gasteiger partial charge is 0.226 e. The molecule has 7 nitrogen and oxygen atoms in total. The van der Waals surface area contributed by atoms with Crippen LogP contribution in [0.2, 0.25) is 0 Å². The molecule has 1 heterocycles. The standard InChI is InChI=1S/C21H22N2O5S/c1-4-28-14-6-7-15-19(12-14)29-21(22-15)23-20(25)10-8-16(24)13-5-9-17(26-2)18(11-13)27-3/h5-7,9,11-12H,4,8,10H2,1-3H3,(H,22,23,25). The number of methoxy groups -OCH3 is 2. The minimum atomic E-state index is -0.261. The molecule has 29 heavy (non-hydrogen) atoms. The maximum absolute atomic E-state index is 12.4. The summed E-state index contributed by atoms with van der Waals surface area (Å²) in [5, 5.41) is 3.26. The molecule has 0 unspecified atom stereocenters. The number of ketones is 1. The third kappa shape index (κ3) is 5.03. The maximum atomic E-state index is 12.4. The van der Waals surface area contributed by atoms with Crippen molar-refractivity contribution in [2.75, 3.05) is 26.1 Å². The number of fused-ring (bicyclic) bond motifs is 1. The Kier molecular flexibility index (Phi) is 6.66. The van der Waals surface area contributed by atoms with Crippen molar-refractivity contribution in [3.05, 3.63) is 42.0 Å². The number of amides is 1. The van der Waals surface area contributed by atoms with Gasteiger partial charge in [0, 0.05) is 18.4 Å². The van der Waals surface area contributed by atoms with Gasteiger partial charge in [0.25, 0.3) is 0 Å². The second-order valence-corrected chi connectivity index (χ2v) is 7.15. The molecule has 0 fully saturated rings. The third-order valence-electron chi connectivity index (χ3n) is 4.20. The molecule has 0 aliphatic heterocycles. The minimum Gasteiger partial charge on any atom is -0.494 e. The van der Waals surface area contributed by atoms with Crippen molar-refractivity contribution in [3.8, 4) is 17.2 Å². The molecule has 0 aliphatic carbocycles. The van der Waals surface area contributed by atoms with Gasteiger partial charge in [0.1, 0.15) is 5.75 Å². The van der Waals surface area contributed by atoms with Crippen LogP contribution in [0.4, 0.5) is 5.13 Å². The molecule has 0 aliphatic rings. The average Bonchev–Trinajstić information content (AvgIpc) is 3.13. The van der Waals surface area contributed by atoms with Crippen LogP contribution < -0.4 is 19.5 Å². The number of hydrogen-bond donors (Lipinski definition) is 1. The summed E-state index contributed by atoms with van der Waals surface area (Å²) < 4.78 is 16.8. The zero-order valence-corrected chi connectivity index (χ0v) is 17.3. The van der Waals surface area contributed by atoms with Gasteiger partial charge in [0.05, 0.1) is 31.0 Å². The van der Waals surface area contributed by atoms with Crippen LogP contribution >= 0.6 is 11.3 Å². The lowest BCUT2D eigenvalue weighted by molar-refractivity contribution is -0.116. The highest BCUT2D eigenvalue weighted by molar-refractivity contribution is 7.22. The Hall–Kier alpha value is -3.13. The van der Waals surface area contributed by atoms with Gasteiger partial charge >= 0.3 is 0 Å². The molecule has 0 saturated carbocycles. The van der Waals surface area contributed by atoms with E-state index in [4.69, 9.17) is 14.2 Å². The number of benzene rings is 2. The second kappa shape index (κ2) is 9.38. The van der Waals surface area contributed by atoms with Crippen LogP contribution in [0.3, 0.4) is 0 Å². The second-order valence-electron chi connectivity index (χ2n) is 6.12. The highest BCUT2D eigenvalue weighted by atomic mass is 32.1. The van der Waals surface area contributed by atoms with E-state index in [0.29, 0.717) is 28.8 Å². The van der Waals surface area contributed by atoms with Crippen LogP contribution in [0.5, 0.6) is 17.2 Å². The monoisotopic (exact) mass is 414 g/mol. The highest BCUT2D eigenvalue weighted by Gasteiger charge is 2.14. The summed E-state index contributed by atoms with van der Waals surface area (Å²) in [6.07, 6.45) is 0.147. The number of Topliss-reactive ketones (excluding diaryl/α,β-unsaturated/α-hetero) is 1. The molecule has 8 heteroatoms. The summed E-state index contributed by atoms with van der Waals surface area (Å²) in [6.45, 7) is 2.51. The van der Waals surface area contributed by atoms with E-state index in [-0.39, 0.29) is 24.5 Å². The van der Waals surface area contributed by atoms with Crippen molar-refractivity contribution >= 4 is 38.4 Å². The van der Waals surface area contributed by atoms with Crippen LogP contribution in [0.1, 0.15) is 30.1 Å². The van der Waals surface area contributed by atoms with Gasteiger partial charge in [0.2, 0.25) is 5.91 Å². The molecular formula is C21H22N2O5S. The van der Waals surface area contributed by atoms with Crippen molar-refractivity contribution in [1.82, 2.24) is 4.98 Å². The summed E-state index contributed by atoms with van der Waals surface area (Å²) in [7, 11) is 3.04. The van der Waals surface area contributed by atoms with E-state index in [9.17, 15) is 9.59 Å². The van der Waals surface area contributed by atoms with Crippen molar-refractivity contribution < 1.29 is 23.8 Å². The number of rotatable bonds is 9. The molecule has 0 saturated heterocycles. The normalized spacial score (nSPS) is 10.6. The number of thiazole rings is 1. The molecule has 1 amide bonds. The van der Waals surface area contributed by atoms with Crippen molar-refractivity contribution in [1.29, 1.82) is 0 Å². The molecule has 0 spiro atoms. The number of anilines is 1. The number of carbonyl (C=O) groups excluding carboxylic acids is 2. The van der Waals surface area contributed by atoms with Gasteiger partial charge in [-0.1, -0.05) is 11.3 Å². The first-order valence-electron chi connectivity index (χ1n) is 9.12. The van der Waals surface area contributed by atoms with Crippen molar-refractivity contribution in [3.63, 3.8) is 0 Å². The van der Waals surface area contributed by atoms with E-state index in [1.54, 1.807) is 18.2 Å². The molecule has 0 atom stereocenters. The minimum absolute atomic E-state index is 0.0628. The van der Waals surface area contributed by atoms with Gasteiger partial charge in [-0.15, -0.1) is 0 Å². The predicted octanol–water partition coefficient (Wildman–Crippen LogP) is 4.31. The lowest BCUT2D eigenvalue weighted by atomic mass is 10.1. The summed E-state index contributed by atoms with van der Waals surface area (Å²) in [5.74, 6) is 1.38. The first-order valence-corrected chi connectivity index (χ1v) is 9.94. The van der Waals surface area contributed by atoms with Gasteiger partial charge in [0.15, 0.2) is 22.4 Å². The van der Waals surface area contributed by atoms with E-state index < -0.39 is 0 Å². The molecular weight excluding hydrogens is 392 g/mol. The van der Waals surface area contributed by atoms with Crippen LogP contribution in [0.15, 0.2) is 36.4 Å². The lowest BCUT2D eigenvalue weighted by Gasteiger charge is -2.09. The summed E-state index contributed by atoms with van der Waals surface area (Å²) >= 11 is 1.37. The van der Waals surface area contributed by atoms with Gasteiger partial charge < -0.3 is 19.5 Å².